The monoisotopic (exact) mass is 431 g/mol. The average Bonchev–Trinajstić information content (AvgIpc) is 2.66. The van der Waals surface area contributed by atoms with Gasteiger partial charge in [0.1, 0.15) is 17.1 Å². The molecule has 0 spiro atoms. The highest BCUT2D eigenvalue weighted by molar-refractivity contribution is 9.10. The Balaban J connectivity index is 1.87. The Morgan fingerprint density at radius 1 is 1.26 bits per heavy atom. The van der Waals surface area contributed by atoms with Gasteiger partial charge >= 0.3 is 5.97 Å². The van der Waals surface area contributed by atoms with Gasteiger partial charge in [0.25, 0.3) is 0 Å². The second-order valence-corrected chi connectivity index (χ2v) is 8.45. The van der Waals surface area contributed by atoms with Crippen LogP contribution in [0.3, 0.4) is 0 Å². The molecule has 5 nitrogen and oxygen atoms in total. The molecule has 0 saturated carbocycles. The van der Waals surface area contributed by atoms with E-state index in [1.807, 2.05) is 24.3 Å². The number of fused-ring (bicyclic) bond motifs is 4. The lowest BCUT2D eigenvalue weighted by Crippen LogP contribution is -2.46. The van der Waals surface area contributed by atoms with Crippen molar-refractivity contribution in [3.63, 3.8) is 0 Å². The molecule has 2 aromatic rings. The van der Waals surface area contributed by atoms with Crippen molar-refractivity contribution in [1.29, 1.82) is 0 Å². The zero-order chi connectivity index (χ0) is 19.3. The van der Waals surface area contributed by atoms with Gasteiger partial charge in [-0.3, -0.25) is 0 Å². The first kappa shape index (κ1) is 18.2. The largest absolute Gasteiger partial charge is 0.496 e. The van der Waals surface area contributed by atoms with Gasteiger partial charge in [-0.1, -0.05) is 29.8 Å². The van der Waals surface area contributed by atoms with Gasteiger partial charge in [-0.05, 0) is 29.8 Å². The first-order valence-electron chi connectivity index (χ1n) is 8.86. The van der Waals surface area contributed by atoms with Crippen LogP contribution in [0.4, 0.5) is 5.69 Å². The lowest BCUT2D eigenvalue weighted by atomic mass is 9.65. The first-order chi connectivity index (χ1) is 12.9. The summed E-state index contributed by atoms with van der Waals surface area (Å²) in [4.78, 5) is 12.2. The van der Waals surface area contributed by atoms with Crippen molar-refractivity contribution in [3.8, 4) is 11.5 Å². The van der Waals surface area contributed by atoms with Gasteiger partial charge in [-0.25, -0.2) is 4.79 Å². The van der Waals surface area contributed by atoms with E-state index in [2.05, 4.69) is 41.2 Å². The van der Waals surface area contributed by atoms with E-state index in [4.69, 9.17) is 14.2 Å². The summed E-state index contributed by atoms with van der Waals surface area (Å²) in [5.41, 5.74) is 3.40. The molecular weight excluding hydrogens is 410 g/mol. The molecule has 4 rings (SSSR count). The van der Waals surface area contributed by atoms with Gasteiger partial charge < -0.3 is 19.5 Å². The lowest BCUT2D eigenvalue weighted by molar-refractivity contribution is 0.0596. The lowest BCUT2D eigenvalue weighted by Gasteiger charge is -2.48. The molecule has 0 amide bonds. The van der Waals surface area contributed by atoms with Gasteiger partial charge in [0.2, 0.25) is 0 Å². The van der Waals surface area contributed by atoms with Crippen molar-refractivity contribution in [2.75, 3.05) is 26.1 Å². The molecule has 27 heavy (non-hydrogen) atoms. The smallest absolute Gasteiger partial charge is 0.341 e. The van der Waals surface area contributed by atoms with Gasteiger partial charge in [-0.2, -0.15) is 0 Å². The van der Waals surface area contributed by atoms with Gasteiger partial charge in [0.15, 0.2) is 0 Å². The fraction of sp³-hybridized carbons (Fsp3) is 0.381. The quantitative estimate of drug-likeness (QED) is 0.698. The normalized spacial score (nSPS) is 21.7. The Morgan fingerprint density at radius 2 is 2.04 bits per heavy atom. The summed E-state index contributed by atoms with van der Waals surface area (Å²) in [6.07, 6.45) is 0. The summed E-state index contributed by atoms with van der Waals surface area (Å²) in [6, 6.07) is 10.0. The molecule has 1 N–H and O–H groups in total. The molecule has 0 fully saturated rings. The molecule has 2 aromatic carbocycles. The van der Waals surface area contributed by atoms with E-state index < -0.39 is 5.97 Å². The third-order valence-corrected chi connectivity index (χ3v) is 6.30. The summed E-state index contributed by atoms with van der Waals surface area (Å²) in [7, 11) is 2.94. The van der Waals surface area contributed by atoms with Crippen LogP contribution < -0.4 is 14.8 Å². The number of methoxy groups -OCH3 is 2. The van der Waals surface area contributed by atoms with Gasteiger partial charge in [0, 0.05) is 33.1 Å². The van der Waals surface area contributed by atoms with Crippen LogP contribution >= 0.6 is 15.9 Å². The number of benzene rings is 2. The highest BCUT2D eigenvalue weighted by Gasteiger charge is 2.47. The predicted octanol–water partition coefficient (Wildman–Crippen LogP) is 4.70. The number of rotatable bonds is 2. The second-order valence-electron chi connectivity index (χ2n) is 7.53. The molecule has 2 atom stereocenters. The third-order valence-electron chi connectivity index (χ3n) is 5.80. The van der Waals surface area contributed by atoms with Crippen LogP contribution in [-0.2, 0) is 10.2 Å². The SMILES string of the molecule is COC(=O)c1cc2c(cc1OC)NC1c3cc(Br)ccc3OCC1C2(C)C. The minimum Gasteiger partial charge on any atom is -0.496 e. The van der Waals surface area contributed by atoms with Crippen molar-refractivity contribution in [1.82, 2.24) is 0 Å². The van der Waals surface area contributed by atoms with E-state index in [9.17, 15) is 4.79 Å². The Hall–Kier alpha value is -2.21. The second kappa shape index (κ2) is 6.44. The van der Waals surface area contributed by atoms with E-state index in [0.717, 1.165) is 27.0 Å². The number of nitrogens with one attached hydrogen (secondary N) is 1. The number of hydrogen-bond acceptors (Lipinski definition) is 5. The minimum atomic E-state index is -0.401. The molecule has 0 bridgehead atoms. The van der Waals surface area contributed by atoms with Gasteiger partial charge in [0.05, 0.1) is 26.9 Å². The van der Waals surface area contributed by atoms with Crippen LogP contribution in [0, 0.1) is 5.92 Å². The molecule has 2 unspecified atom stereocenters. The average molecular weight is 432 g/mol. The summed E-state index contributed by atoms with van der Waals surface area (Å²) >= 11 is 3.57. The number of hydrogen-bond donors (Lipinski definition) is 1. The van der Waals surface area contributed by atoms with E-state index >= 15 is 0 Å². The molecule has 0 aromatic heterocycles. The van der Waals surface area contributed by atoms with Crippen molar-refractivity contribution in [2.24, 2.45) is 5.92 Å². The van der Waals surface area contributed by atoms with Crippen molar-refractivity contribution < 1.29 is 19.0 Å². The number of halogens is 1. The molecule has 142 valence electrons. The topological polar surface area (TPSA) is 56.8 Å². The van der Waals surface area contributed by atoms with Crippen molar-refractivity contribution in [3.05, 3.63) is 51.5 Å². The van der Waals surface area contributed by atoms with Crippen molar-refractivity contribution in [2.45, 2.75) is 25.3 Å². The van der Waals surface area contributed by atoms with E-state index in [1.54, 1.807) is 7.11 Å². The van der Waals surface area contributed by atoms with E-state index in [0.29, 0.717) is 17.9 Å². The maximum atomic E-state index is 12.2. The molecule has 2 aliphatic heterocycles. The minimum absolute atomic E-state index is 0.113. The summed E-state index contributed by atoms with van der Waals surface area (Å²) in [6.45, 7) is 5.01. The molecule has 2 heterocycles. The van der Waals surface area contributed by atoms with E-state index in [1.165, 1.54) is 7.11 Å². The molecule has 2 aliphatic rings. The summed E-state index contributed by atoms with van der Waals surface area (Å²) in [5, 5.41) is 3.66. The highest BCUT2D eigenvalue weighted by atomic mass is 79.9. The maximum Gasteiger partial charge on any atom is 0.341 e. The van der Waals surface area contributed by atoms with Crippen LogP contribution in [0.25, 0.3) is 0 Å². The molecular formula is C21H22BrNO4. The number of anilines is 1. The first-order valence-corrected chi connectivity index (χ1v) is 9.65. The Labute approximate surface area is 167 Å². The summed E-state index contributed by atoms with van der Waals surface area (Å²) in [5.74, 6) is 1.22. The molecule has 0 saturated heterocycles. The Kier molecular flexibility index (Phi) is 4.34. The van der Waals surface area contributed by atoms with E-state index in [-0.39, 0.29) is 17.4 Å². The Bertz CT molecular complexity index is 925. The zero-order valence-corrected chi connectivity index (χ0v) is 17.3. The summed E-state index contributed by atoms with van der Waals surface area (Å²) < 4.78 is 17.5. The van der Waals surface area contributed by atoms with Crippen LogP contribution in [0.5, 0.6) is 11.5 Å². The fourth-order valence-electron chi connectivity index (χ4n) is 4.23. The van der Waals surface area contributed by atoms with Crippen LogP contribution in [0.15, 0.2) is 34.8 Å². The standard InChI is InChI=1S/C21H22BrNO4/c1-21(2)14-8-13(20(24)26-4)18(25-3)9-16(14)23-19-12-7-11(22)5-6-17(12)27-10-15(19)21/h5-9,15,19,23H,10H2,1-4H3. The van der Waals surface area contributed by atoms with Crippen LogP contribution in [0.2, 0.25) is 0 Å². The molecule has 0 aliphatic carbocycles. The van der Waals surface area contributed by atoms with Crippen molar-refractivity contribution >= 4 is 27.6 Å². The van der Waals surface area contributed by atoms with Crippen LogP contribution in [0.1, 0.15) is 41.4 Å². The Morgan fingerprint density at radius 3 is 2.74 bits per heavy atom. The fourth-order valence-corrected chi connectivity index (χ4v) is 4.61. The maximum absolute atomic E-state index is 12.2. The molecule has 0 radical (unpaired) electrons. The zero-order valence-electron chi connectivity index (χ0n) is 15.8. The number of esters is 1. The van der Waals surface area contributed by atoms with Gasteiger partial charge in [-0.15, -0.1) is 0 Å². The predicted molar refractivity (Wildman–Crippen MR) is 107 cm³/mol. The third kappa shape index (κ3) is 2.78. The number of carbonyl (C=O) groups excluding carboxylic acids is 1. The number of carbonyl (C=O) groups is 1. The molecule has 6 heteroatoms. The van der Waals surface area contributed by atoms with Crippen LogP contribution in [-0.4, -0.2) is 26.8 Å². The number of ether oxygens (including phenoxy) is 3. The highest BCUT2D eigenvalue weighted by Crippen LogP contribution is 2.53.